The fourth-order valence-electron chi connectivity index (χ4n) is 4.74. The van der Waals surface area contributed by atoms with Crippen LogP contribution in [0.5, 0.6) is 0 Å². The number of carbonyl (C=O) groups excluding carboxylic acids is 1. The lowest BCUT2D eigenvalue weighted by Crippen LogP contribution is -2.36. The number of allylic oxidation sites excluding steroid dienone is 4. The third-order valence-corrected chi connectivity index (χ3v) is 8.20. The fourth-order valence-corrected chi connectivity index (χ4v) is 5.98. The van der Waals surface area contributed by atoms with Crippen LogP contribution < -0.4 is 9.80 Å². The molecule has 0 saturated carbocycles. The van der Waals surface area contributed by atoms with E-state index >= 15 is 0 Å². The number of thioether (sulfide) groups is 1. The Morgan fingerprint density at radius 2 is 1.38 bits per heavy atom. The molecule has 40 heavy (non-hydrogen) atoms. The largest absolute Gasteiger partial charge is 0.378 e. The van der Waals surface area contributed by atoms with E-state index in [1.807, 2.05) is 12.2 Å². The van der Waals surface area contributed by atoms with E-state index in [1.165, 1.54) is 11.4 Å². The molecule has 3 saturated heterocycles. The first-order valence-corrected chi connectivity index (χ1v) is 14.3. The molecule has 5 rings (SSSR count). The molecule has 3 heterocycles. The van der Waals surface area contributed by atoms with Gasteiger partial charge in [-0.2, -0.15) is 0 Å². The minimum Gasteiger partial charge on any atom is -0.378 e. The topological polar surface area (TPSA) is 74.7 Å². The van der Waals surface area contributed by atoms with Crippen LogP contribution in [0.15, 0.2) is 90.2 Å². The first kappa shape index (κ1) is 28.1. The molecular weight excluding hydrogens is 546 g/mol. The summed E-state index contributed by atoms with van der Waals surface area (Å²) in [5.41, 5.74) is 5.59. The number of hydrogen-bond acceptors (Lipinski definition) is 9. The summed E-state index contributed by atoms with van der Waals surface area (Å²) < 4.78 is 11.2. The Balaban J connectivity index is 1.40. The van der Waals surface area contributed by atoms with E-state index in [1.54, 1.807) is 12.2 Å². The molecule has 1 N–H and O–H groups in total. The van der Waals surface area contributed by atoms with Crippen molar-refractivity contribution in [3.63, 3.8) is 0 Å². The zero-order valence-electron chi connectivity index (χ0n) is 22.0. The summed E-state index contributed by atoms with van der Waals surface area (Å²) >= 11 is 6.34. The molecule has 1 amide bonds. The summed E-state index contributed by atoms with van der Waals surface area (Å²) in [7, 11) is 0. The molecule has 0 aromatic heterocycles. The van der Waals surface area contributed by atoms with Crippen LogP contribution >= 0.6 is 24.0 Å². The standard InChI is InChI=1S/C30H31N3O5S2/c1-22(38-35)33-29(34)28(40-30(33)39)5-3-2-4-27(23-6-10-25(11-7-23)31-14-18-36-19-15-31)24-8-12-26(13-9-24)32-16-20-37-21-17-32/h2-13,35H,1,14-21H2. The Hall–Kier alpha value is -3.41. The lowest BCUT2D eigenvalue weighted by atomic mass is 9.96. The SMILES string of the molecule is C=C(OO)N1C(=O)C(=CC=CC=C(c2ccc(N3CCOCC3)cc2)c2ccc(N3CCOCC3)cc2)SC1=S. The molecule has 0 atom stereocenters. The average Bonchev–Trinajstić information content (AvgIpc) is 3.30. The van der Waals surface area contributed by atoms with Crippen molar-refractivity contribution >= 4 is 51.2 Å². The molecular formula is C30H31N3O5S2. The van der Waals surface area contributed by atoms with Crippen LogP contribution in [0.25, 0.3) is 5.57 Å². The molecule has 0 radical (unpaired) electrons. The van der Waals surface area contributed by atoms with Crippen molar-refractivity contribution in [1.29, 1.82) is 0 Å². The third-order valence-electron chi connectivity index (χ3n) is 6.88. The van der Waals surface area contributed by atoms with Gasteiger partial charge in [0.25, 0.3) is 5.91 Å². The van der Waals surface area contributed by atoms with Crippen molar-refractivity contribution < 1.29 is 24.4 Å². The van der Waals surface area contributed by atoms with E-state index in [9.17, 15) is 4.79 Å². The van der Waals surface area contributed by atoms with Crippen molar-refractivity contribution in [3.05, 3.63) is 101 Å². The Morgan fingerprint density at radius 1 is 0.875 bits per heavy atom. The minimum atomic E-state index is -0.389. The second kappa shape index (κ2) is 13.3. The molecule has 2 aromatic carbocycles. The van der Waals surface area contributed by atoms with Gasteiger partial charge in [0, 0.05) is 37.6 Å². The first-order valence-electron chi connectivity index (χ1n) is 13.1. The number of rotatable bonds is 8. The smallest absolute Gasteiger partial charge is 0.273 e. The van der Waals surface area contributed by atoms with Crippen LogP contribution in [-0.2, 0) is 19.2 Å². The Bertz CT molecular complexity index is 1260. The quantitative estimate of drug-likeness (QED) is 0.116. The highest BCUT2D eigenvalue weighted by Gasteiger charge is 2.34. The molecule has 0 bridgehead atoms. The summed E-state index contributed by atoms with van der Waals surface area (Å²) in [5, 5.41) is 8.87. The van der Waals surface area contributed by atoms with Crippen LogP contribution in [0.2, 0.25) is 0 Å². The maximum absolute atomic E-state index is 12.6. The van der Waals surface area contributed by atoms with Crippen LogP contribution in [0.4, 0.5) is 11.4 Å². The fraction of sp³-hybridized carbons (Fsp3) is 0.267. The number of benzene rings is 2. The molecule has 3 aliphatic rings. The number of nitrogens with zero attached hydrogens (tertiary/aromatic N) is 3. The molecule has 0 unspecified atom stereocenters. The number of amides is 1. The Labute approximate surface area is 243 Å². The minimum absolute atomic E-state index is 0.224. The Morgan fingerprint density at radius 3 is 1.85 bits per heavy atom. The van der Waals surface area contributed by atoms with Gasteiger partial charge in [-0.3, -0.25) is 4.79 Å². The van der Waals surface area contributed by atoms with Gasteiger partial charge in [-0.1, -0.05) is 66.5 Å². The number of carbonyl (C=O) groups is 1. The van der Waals surface area contributed by atoms with E-state index in [0.717, 1.165) is 86.0 Å². The van der Waals surface area contributed by atoms with Gasteiger partial charge >= 0.3 is 0 Å². The van der Waals surface area contributed by atoms with Crippen molar-refractivity contribution in [2.45, 2.75) is 0 Å². The monoisotopic (exact) mass is 577 g/mol. The predicted molar refractivity (Wildman–Crippen MR) is 163 cm³/mol. The van der Waals surface area contributed by atoms with Crippen LogP contribution in [0.1, 0.15) is 11.1 Å². The van der Waals surface area contributed by atoms with Gasteiger partial charge in [-0.05, 0) is 53.6 Å². The number of thiocarbonyl (C=S) groups is 1. The highest BCUT2D eigenvalue weighted by molar-refractivity contribution is 8.26. The third kappa shape index (κ3) is 6.48. The van der Waals surface area contributed by atoms with Gasteiger partial charge in [0.1, 0.15) is 0 Å². The van der Waals surface area contributed by atoms with Crippen LogP contribution in [0, 0.1) is 0 Å². The lowest BCUT2D eigenvalue weighted by molar-refractivity contribution is -0.217. The number of morpholine rings is 2. The predicted octanol–water partition coefficient (Wildman–Crippen LogP) is 5.05. The van der Waals surface area contributed by atoms with E-state index in [0.29, 0.717) is 4.91 Å². The Kier molecular flexibility index (Phi) is 9.35. The number of anilines is 2. The summed E-state index contributed by atoms with van der Waals surface area (Å²) in [5.74, 6) is -0.613. The van der Waals surface area contributed by atoms with E-state index in [2.05, 4.69) is 69.8 Å². The number of hydrogen-bond donors (Lipinski definition) is 1. The highest BCUT2D eigenvalue weighted by Crippen LogP contribution is 2.33. The summed E-state index contributed by atoms with van der Waals surface area (Å²) in [6, 6.07) is 17.2. The summed E-state index contributed by atoms with van der Waals surface area (Å²) in [4.78, 5) is 22.9. The van der Waals surface area contributed by atoms with Crippen molar-refractivity contribution in [2.24, 2.45) is 0 Å². The van der Waals surface area contributed by atoms with Gasteiger partial charge in [0.05, 0.1) is 31.3 Å². The molecule has 10 heteroatoms. The summed E-state index contributed by atoms with van der Waals surface area (Å²) in [6.07, 6.45) is 7.45. The normalized spacial score (nSPS) is 19.0. The molecule has 0 spiro atoms. The van der Waals surface area contributed by atoms with Crippen LogP contribution in [-0.4, -0.2) is 73.0 Å². The van der Waals surface area contributed by atoms with Gasteiger partial charge in [0.2, 0.25) is 5.88 Å². The van der Waals surface area contributed by atoms with E-state index < -0.39 is 0 Å². The zero-order valence-corrected chi connectivity index (χ0v) is 23.7. The second-order valence-corrected chi connectivity index (χ2v) is 11.0. The van der Waals surface area contributed by atoms with Gasteiger partial charge < -0.3 is 24.2 Å². The summed E-state index contributed by atoms with van der Waals surface area (Å²) in [6.45, 7) is 10.0. The van der Waals surface area contributed by atoms with Crippen molar-refractivity contribution in [2.75, 3.05) is 62.4 Å². The molecule has 3 aliphatic heterocycles. The van der Waals surface area contributed by atoms with Crippen molar-refractivity contribution in [3.8, 4) is 0 Å². The zero-order chi connectivity index (χ0) is 27.9. The van der Waals surface area contributed by atoms with E-state index in [4.69, 9.17) is 26.9 Å². The van der Waals surface area contributed by atoms with Gasteiger partial charge in [-0.15, -0.1) is 0 Å². The van der Waals surface area contributed by atoms with Crippen molar-refractivity contribution in [1.82, 2.24) is 4.90 Å². The molecule has 8 nitrogen and oxygen atoms in total. The average molecular weight is 578 g/mol. The number of ether oxygens (including phenoxy) is 2. The lowest BCUT2D eigenvalue weighted by Gasteiger charge is -2.29. The second-order valence-electron chi connectivity index (χ2n) is 9.28. The molecule has 3 fully saturated rings. The van der Waals surface area contributed by atoms with Crippen LogP contribution in [0.3, 0.4) is 0 Å². The van der Waals surface area contributed by atoms with Gasteiger partial charge in [-0.25, -0.2) is 10.2 Å². The van der Waals surface area contributed by atoms with Gasteiger partial charge in [0.15, 0.2) is 4.32 Å². The maximum atomic E-state index is 12.6. The van der Waals surface area contributed by atoms with E-state index in [-0.39, 0.29) is 16.1 Å². The molecule has 0 aliphatic carbocycles. The molecule has 2 aromatic rings. The highest BCUT2D eigenvalue weighted by atomic mass is 32.2. The molecule has 208 valence electrons. The maximum Gasteiger partial charge on any atom is 0.273 e. The first-order chi connectivity index (χ1) is 19.5.